The van der Waals surface area contributed by atoms with Gasteiger partial charge >= 0.3 is 18.2 Å². The van der Waals surface area contributed by atoms with Crippen LogP contribution >= 0.6 is 0 Å². The topological polar surface area (TPSA) is 99.8 Å². The second kappa shape index (κ2) is 12.8. The van der Waals surface area contributed by atoms with E-state index in [4.69, 9.17) is 9.90 Å². The highest BCUT2D eigenvalue weighted by atomic mass is 19.4. The molecule has 0 atom stereocenters. The van der Waals surface area contributed by atoms with Crippen LogP contribution in [-0.2, 0) is 4.79 Å². The molecule has 38 heavy (non-hydrogen) atoms. The van der Waals surface area contributed by atoms with Gasteiger partial charge in [-0.05, 0) is 52.0 Å². The minimum absolute atomic E-state index is 0.192. The van der Waals surface area contributed by atoms with Gasteiger partial charge in [0.25, 0.3) is 5.91 Å². The normalized spacial score (nSPS) is 11.7. The largest absolute Gasteiger partial charge is 0.490 e. The van der Waals surface area contributed by atoms with Gasteiger partial charge in [0.2, 0.25) is 0 Å². The van der Waals surface area contributed by atoms with E-state index in [0.717, 1.165) is 48.0 Å². The van der Waals surface area contributed by atoms with Crippen molar-refractivity contribution in [2.24, 2.45) is 0 Å². The van der Waals surface area contributed by atoms with Crippen molar-refractivity contribution in [3.05, 3.63) is 36.0 Å². The number of carboxylic acids is 1. The van der Waals surface area contributed by atoms with Gasteiger partial charge in [0.1, 0.15) is 5.69 Å². The zero-order valence-electron chi connectivity index (χ0n) is 22.6. The highest BCUT2D eigenvalue weighted by Crippen LogP contribution is 2.34. The van der Waals surface area contributed by atoms with Crippen molar-refractivity contribution < 1.29 is 32.7 Å². The SMILES string of the molecule is CCN(CC)CCCNC(=O)c1cc2c(c3ccccc3n2C(C)C)n1C(=O)N(C)C.O=C(O)C(F)(F)F. The summed E-state index contributed by atoms with van der Waals surface area (Å²) in [5, 5.41) is 11.1. The van der Waals surface area contributed by atoms with Crippen LogP contribution in [0.3, 0.4) is 0 Å². The lowest BCUT2D eigenvalue weighted by atomic mass is 10.2. The van der Waals surface area contributed by atoms with E-state index in [1.807, 2.05) is 24.3 Å². The fraction of sp³-hybridized carbons (Fsp3) is 0.500. The number of hydrogen-bond acceptors (Lipinski definition) is 4. The zero-order chi connectivity index (χ0) is 28.8. The van der Waals surface area contributed by atoms with Crippen LogP contribution in [0.25, 0.3) is 21.9 Å². The summed E-state index contributed by atoms with van der Waals surface area (Å²) in [6.07, 6.45) is -4.21. The van der Waals surface area contributed by atoms with Crippen molar-refractivity contribution in [2.75, 3.05) is 40.3 Å². The first-order chi connectivity index (χ1) is 17.8. The number of nitrogens with zero attached hydrogens (tertiary/aromatic N) is 4. The lowest BCUT2D eigenvalue weighted by Gasteiger charge is -2.18. The molecule has 2 aromatic heterocycles. The Labute approximate surface area is 219 Å². The highest BCUT2D eigenvalue weighted by molar-refractivity contribution is 6.14. The predicted molar refractivity (Wildman–Crippen MR) is 141 cm³/mol. The molecule has 0 aliphatic carbocycles. The molecule has 3 aromatic rings. The number of halogens is 3. The maximum absolute atomic E-state index is 13.2. The van der Waals surface area contributed by atoms with Crippen molar-refractivity contribution in [3.63, 3.8) is 0 Å². The summed E-state index contributed by atoms with van der Waals surface area (Å²) in [6.45, 7) is 12.0. The lowest BCUT2D eigenvalue weighted by molar-refractivity contribution is -0.192. The summed E-state index contributed by atoms with van der Waals surface area (Å²) < 4.78 is 35.5. The first-order valence-corrected chi connectivity index (χ1v) is 12.4. The number of rotatable bonds is 8. The first-order valence-electron chi connectivity index (χ1n) is 12.4. The maximum atomic E-state index is 13.2. The van der Waals surface area contributed by atoms with E-state index < -0.39 is 12.1 Å². The van der Waals surface area contributed by atoms with Crippen molar-refractivity contribution in [1.82, 2.24) is 24.3 Å². The molecule has 0 saturated carbocycles. The molecule has 9 nitrogen and oxygen atoms in total. The van der Waals surface area contributed by atoms with Gasteiger partial charge in [0.05, 0.1) is 16.6 Å². The van der Waals surface area contributed by atoms with Gasteiger partial charge in [-0.2, -0.15) is 13.2 Å². The number of amides is 2. The number of fused-ring (bicyclic) bond motifs is 3. The van der Waals surface area contributed by atoms with Crippen molar-refractivity contribution in [3.8, 4) is 0 Å². The summed E-state index contributed by atoms with van der Waals surface area (Å²) in [5.41, 5.74) is 3.14. The van der Waals surface area contributed by atoms with Gasteiger partial charge in [-0.1, -0.05) is 32.0 Å². The fourth-order valence-corrected chi connectivity index (χ4v) is 4.21. The standard InChI is InChI=1S/C24H35N5O2.C2HF3O2/c1-7-27(8-2)15-11-14-25-23(30)21-16-20-22(29(21)24(31)26(5)6)18-12-9-10-13-19(18)28(20)17(3)4;3-2(4,5)1(6)7/h9-10,12-13,16-17H,7-8,11,14-15H2,1-6H3,(H,25,30);(H,6,7). The Balaban J connectivity index is 0.000000638. The Morgan fingerprint density at radius 2 is 1.63 bits per heavy atom. The van der Waals surface area contributed by atoms with Gasteiger partial charge in [-0.3, -0.25) is 9.36 Å². The minimum atomic E-state index is -5.08. The van der Waals surface area contributed by atoms with E-state index in [0.29, 0.717) is 12.2 Å². The summed E-state index contributed by atoms with van der Waals surface area (Å²) in [6, 6.07) is 9.87. The first kappa shape index (κ1) is 30.7. The molecule has 0 spiro atoms. The number of carboxylic acid groups (broad SMARTS) is 1. The molecule has 2 N–H and O–H groups in total. The number of alkyl halides is 3. The average Bonchev–Trinajstić information content (AvgIpc) is 3.38. The third-order valence-corrected chi connectivity index (χ3v) is 6.06. The molecule has 210 valence electrons. The van der Waals surface area contributed by atoms with Crippen LogP contribution in [0, 0.1) is 0 Å². The molecule has 0 unspecified atom stereocenters. The van der Waals surface area contributed by atoms with Crippen LogP contribution < -0.4 is 5.32 Å². The molecule has 0 bridgehead atoms. The van der Waals surface area contributed by atoms with Crippen molar-refractivity contribution in [1.29, 1.82) is 0 Å². The summed E-state index contributed by atoms with van der Waals surface area (Å²) in [7, 11) is 3.42. The average molecular weight is 540 g/mol. The maximum Gasteiger partial charge on any atom is 0.490 e. The van der Waals surface area contributed by atoms with Crippen LogP contribution in [0.5, 0.6) is 0 Å². The molecule has 12 heteroatoms. The molecule has 0 radical (unpaired) electrons. The Morgan fingerprint density at radius 1 is 1.05 bits per heavy atom. The number of aliphatic carboxylic acids is 1. The van der Waals surface area contributed by atoms with Crippen LogP contribution in [0.15, 0.2) is 30.3 Å². The molecule has 0 saturated heterocycles. The molecule has 0 aliphatic heterocycles. The van der Waals surface area contributed by atoms with Gasteiger partial charge in [0, 0.05) is 32.1 Å². The molecule has 0 fully saturated rings. The van der Waals surface area contributed by atoms with Gasteiger partial charge < -0.3 is 24.8 Å². The zero-order valence-corrected chi connectivity index (χ0v) is 22.6. The highest BCUT2D eigenvalue weighted by Gasteiger charge is 2.38. The molecule has 3 rings (SSSR count). The second-order valence-corrected chi connectivity index (χ2v) is 9.20. The van der Waals surface area contributed by atoms with E-state index in [9.17, 15) is 22.8 Å². The van der Waals surface area contributed by atoms with E-state index in [1.165, 1.54) is 4.90 Å². The summed E-state index contributed by atoms with van der Waals surface area (Å²) >= 11 is 0. The number of hydrogen-bond donors (Lipinski definition) is 2. The van der Waals surface area contributed by atoms with Crippen LogP contribution in [-0.4, -0.2) is 88.4 Å². The number of benzene rings is 1. The lowest BCUT2D eigenvalue weighted by Crippen LogP contribution is -2.34. The molecular formula is C26H36F3N5O4. The smallest absolute Gasteiger partial charge is 0.475 e. The minimum Gasteiger partial charge on any atom is -0.475 e. The summed E-state index contributed by atoms with van der Waals surface area (Å²) in [5.74, 6) is -2.97. The van der Waals surface area contributed by atoms with Gasteiger partial charge in [-0.25, -0.2) is 9.59 Å². The predicted octanol–water partition coefficient (Wildman–Crippen LogP) is 4.80. The van der Waals surface area contributed by atoms with E-state index >= 15 is 0 Å². The van der Waals surface area contributed by atoms with E-state index in [-0.39, 0.29) is 18.0 Å². The van der Waals surface area contributed by atoms with Crippen molar-refractivity contribution >= 4 is 39.8 Å². The monoisotopic (exact) mass is 539 g/mol. The van der Waals surface area contributed by atoms with Crippen LogP contribution in [0.2, 0.25) is 0 Å². The third-order valence-electron chi connectivity index (χ3n) is 6.06. The third kappa shape index (κ3) is 6.85. The van der Waals surface area contributed by atoms with Crippen molar-refractivity contribution in [2.45, 2.75) is 46.3 Å². The van der Waals surface area contributed by atoms with Gasteiger partial charge in [-0.15, -0.1) is 0 Å². The number of carbonyl (C=O) groups excluding carboxylic acids is 2. The Kier molecular flexibility index (Phi) is 10.3. The van der Waals surface area contributed by atoms with E-state index in [2.05, 4.69) is 48.5 Å². The number of para-hydroxylation sites is 1. The van der Waals surface area contributed by atoms with Crippen LogP contribution in [0.1, 0.15) is 50.6 Å². The fourth-order valence-electron chi connectivity index (χ4n) is 4.21. The number of carbonyl (C=O) groups is 3. The number of nitrogens with one attached hydrogen (secondary N) is 1. The Bertz CT molecular complexity index is 1270. The molecule has 2 amide bonds. The molecule has 0 aliphatic rings. The molecule has 1 aromatic carbocycles. The van der Waals surface area contributed by atoms with Crippen LogP contribution in [0.4, 0.5) is 18.0 Å². The van der Waals surface area contributed by atoms with E-state index in [1.54, 1.807) is 18.7 Å². The Hall–Kier alpha value is -3.54. The quantitative estimate of drug-likeness (QED) is 0.401. The molecule has 2 heterocycles. The van der Waals surface area contributed by atoms with Gasteiger partial charge in [0.15, 0.2) is 0 Å². The molecular weight excluding hydrogens is 503 g/mol. The number of aromatic nitrogens is 2. The Morgan fingerprint density at radius 3 is 2.13 bits per heavy atom. The second-order valence-electron chi connectivity index (χ2n) is 9.20. The summed E-state index contributed by atoms with van der Waals surface area (Å²) in [4.78, 5) is 39.0.